The zero-order valence-corrected chi connectivity index (χ0v) is 17.1. The number of hydrogen-bond donors (Lipinski definition) is 1. The van der Waals surface area contributed by atoms with Gasteiger partial charge in [-0.3, -0.25) is 4.79 Å². The van der Waals surface area contributed by atoms with Gasteiger partial charge in [-0.1, -0.05) is 36.8 Å². The maximum Gasteiger partial charge on any atom is 0.251 e. The van der Waals surface area contributed by atoms with Gasteiger partial charge in [0.25, 0.3) is 5.91 Å². The number of aromatic nitrogens is 2. The van der Waals surface area contributed by atoms with Crippen LogP contribution in [0.25, 0.3) is 0 Å². The summed E-state index contributed by atoms with van der Waals surface area (Å²) in [7, 11) is 0. The van der Waals surface area contributed by atoms with Crippen LogP contribution in [-0.4, -0.2) is 21.1 Å². The van der Waals surface area contributed by atoms with Gasteiger partial charge in [0.1, 0.15) is 11.4 Å². The number of nitrogens with zero attached hydrogens (tertiary/aromatic N) is 2. The van der Waals surface area contributed by atoms with E-state index < -0.39 is 0 Å². The van der Waals surface area contributed by atoms with Crippen LogP contribution >= 0.6 is 0 Å². The summed E-state index contributed by atoms with van der Waals surface area (Å²) >= 11 is 0. The molecular formula is C25H27N3O2. The van der Waals surface area contributed by atoms with Gasteiger partial charge in [-0.15, -0.1) is 0 Å². The third kappa shape index (κ3) is 3.84. The second kappa shape index (κ2) is 7.98. The van der Waals surface area contributed by atoms with E-state index in [1.54, 1.807) is 12.5 Å². The quantitative estimate of drug-likeness (QED) is 0.677. The molecule has 1 atom stereocenters. The van der Waals surface area contributed by atoms with Crippen molar-refractivity contribution >= 4 is 5.91 Å². The molecule has 1 amide bonds. The molecule has 2 aliphatic rings. The zero-order chi connectivity index (χ0) is 20.4. The number of ether oxygens (including phenoxy) is 1. The SMILES string of the molecule is O=C(NC1CC2(CCCCC2)Oc2ccccc21)c1ccc(Cn2ccnc2)cc1. The van der Waals surface area contributed by atoms with Crippen LogP contribution in [0.5, 0.6) is 5.75 Å². The van der Waals surface area contributed by atoms with E-state index in [1.165, 1.54) is 19.3 Å². The molecular weight excluding hydrogens is 374 g/mol. The van der Waals surface area contributed by atoms with E-state index in [4.69, 9.17) is 4.74 Å². The summed E-state index contributed by atoms with van der Waals surface area (Å²) in [5.74, 6) is 0.892. The second-order valence-electron chi connectivity index (χ2n) is 8.55. The average Bonchev–Trinajstić information content (AvgIpc) is 3.28. The lowest BCUT2D eigenvalue weighted by molar-refractivity contribution is -0.00209. The van der Waals surface area contributed by atoms with Crippen molar-refractivity contribution in [1.82, 2.24) is 14.9 Å². The van der Waals surface area contributed by atoms with E-state index in [0.29, 0.717) is 5.56 Å². The minimum Gasteiger partial charge on any atom is -0.487 e. The predicted octanol–water partition coefficient (Wildman–Crippen LogP) is 4.89. The van der Waals surface area contributed by atoms with Crippen molar-refractivity contribution in [2.75, 3.05) is 0 Å². The molecule has 5 rings (SSSR count). The lowest BCUT2D eigenvalue weighted by Crippen LogP contribution is -2.46. The number of carbonyl (C=O) groups excluding carboxylic acids is 1. The summed E-state index contributed by atoms with van der Waals surface area (Å²) in [5.41, 5.74) is 2.77. The Morgan fingerprint density at radius 3 is 2.67 bits per heavy atom. The average molecular weight is 402 g/mol. The topological polar surface area (TPSA) is 56.1 Å². The first-order valence-electron chi connectivity index (χ1n) is 10.8. The molecule has 5 heteroatoms. The normalized spacial score (nSPS) is 19.7. The third-order valence-electron chi connectivity index (χ3n) is 6.41. The Hall–Kier alpha value is -3.08. The molecule has 1 fully saturated rings. The number of rotatable bonds is 4. The molecule has 0 radical (unpaired) electrons. The van der Waals surface area contributed by atoms with Gasteiger partial charge in [0, 0.05) is 36.5 Å². The molecule has 2 aromatic carbocycles. The fraction of sp³-hybridized carbons (Fsp3) is 0.360. The Morgan fingerprint density at radius 2 is 1.90 bits per heavy atom. The van der Waals surface area contributed by atoms with Crippen LogP contribution in [0.3, 0.4) is 0 Å². The first-order chi connectivity index (χ1) is 14.7. The third-order valence-corrected chi connectivity index (χ3v) is 6.41. The van der Waals surface area contributed by atoms with E-state index in [9.17, 15) is 4.79 Å². The molecule has 3 aromatic rings. The fourth-order valence-electron chi connectivity index (χ4n) is 4.84. The van der Waals surface area contributed by atoms with Gasteiger partial charge in [-0.05, 0) is 49.4 Å². The maximum atomic E-state index is 13.1. The molecule has 30 heavy (non-hydrogen) atoms. The van der Waals surface area contributed by atoms with Crippen molar-refractivity contribution in [2.24, 2.45) is 0 Å². The second-order valence-corrected chi connectivity index (χ2v) is 8.55. The summed E-state index contributed by atoms with van der Waals surface area (Å²) in [4.78, 5) is 17.1. The lowest BCUT2D eigenvalue weighted by Gasteiger charge is -2.44. The molecule has 1 aromatic heterocycles. The number of amides is 1. The summed E-state index contributed by atoms with van der Waals surface area (Å²) in [6, 6.07) is 16.0. The zero-order valence-electron chi connectivity index (χ0n) is 17.1. The summed E-state index contributed by atoms with van der Waals surface area (Å²) in [6.07, 6.45) is 12.1. The number of benzene rings is 2. The molecule has 1 aliphatic heterocycles. The minimum atomic E-state index is -0.140. The Bertz CT molecular complexity index is 1010. The van der Waals surface area contributed by atoms with E-state index >= 15 is 0 Å². The molecule has 2 heterocycles. The van der Waals surface area contributed by atoms with E-state index in [2.05, 4.69) is 16.4 Å². The van der Waals surface area contributed by atoms with E-state index in [0.717, 1.165) is 42.7 Å². The van der Waals surface area contributed by atoms with Gasteiger partial charge in [-0.25, -0.2) is 4.98 Å². The Morgan fingerprint density at radius 1 is 1.10 bits per heavy atom. The first-order valence-corrected chi connectivity index (χ1v) is 10.8. The van der Waals surface area contributed by atoms with Crippen LogP contribution in [0.4, 0.5) is 0 Å². The predicted molar refractivity (Wildman–Crippen MR) is 115 cm³/mol. The van der Waals surface area contributed by atoms with Crippen LogP contribution in [0.15, 0.2) is 67.3 Å². The number of fused-ring (bicyclic) bond motifs is 1. The van der Waals surface area contributed by atoms with Crippen molar-refractivity contribution in [3.05, 3.63) is 83.9 Å². The Labute approximate surface area is 177 Å². The van der Waals surface area contributed by atoms with Crippen molar-refractivity contribution in [2.45, 2.75) is 56.7 Å². The number of hydrogen-bond acceptors (Lipinski definition) is 3. The van der Waals surface area contributed by atoms with Crippen LogP contribution in [-0.2, 0) is 6.54 Å². The standard InChI is InChI=1S/C25H27N3O2/c29-24(20-10-8-19(9-11-20)17-28-15-14-26-18-28)27-22-16-25(12-4-1-5-13-25)30-23-7-3-2-6-21(22)23/h2-3,6-11,14-15,18,22H,1,4-5,12-13,16-17H2,(H,27,29). The number of carbonyl (C=O) groups is 1. The highest BCUT2D eigenvalue weighted by atomic mass is 16.5. The molecule has 1 saturated carbocycles. The number of nitrogens with one attached hydrogen (secondary N) is 1. The van der Waals surface area contributed by atoms with E-state index in [-0.39, 0.29) is 17.6 Å². The van der Waals surface area contributed by atoms with Crippen LogP contribution < -0.4 is 10.1 Å². The fourth-order valence-corrected chi connectivity index (χ4v) is 4.84. The lowest BCUT2D eigenvalue weighted by atomic mass is 9.77. The molecule has 1 unspecified atom stereocenters. The highest BCUT2D eigenvalue weighted by Crippen LogP contribution is 2.46. The molecule has 0 saturated heterocycles. The largest absolute Gasteiger partial charge is 0.487 e. The Balaban J connectivity index is 1.33. The minimum absolute atomic E-state index is 0.0221. The molecule has 1 aliphatic carbocycles. The molecule has 154 valence electrons. The maximum absolute atomic E-state index is 13.1. The molecule has 5 nitrogen and oxygen atoms in total. The summed E-state index contributed by atoms with van der Waals surface area (Å²) in [5, 5.41) is 3.29. The van der Waals surface area contributed by atoms with Crippen LogP contribution in [0, 0.1) is 0 Å². The first kappa shape index (κ1) is 18.9. The number of imidazole rings is 1. The van der Waals surface area contributed by atoms with Gasteiger partial charge in [0.2, 0.25) is 0 Å². The summed E-state index contributed by atoms with van der Waals surface area (Å²) < 4.78 is 8.50. The van der Waals surface area contributed by atoms with E-state index in [1.807, 2.05) is 53.2 Å². The van der Waals surface area contributed by atoms with Gasteiger partial charge < -0.3 is 14.6 Å². The highest BCUT2D eigenvalue weighted by molar-refractivity contribution is 5.94. The van der Waals surface area contributed by atoms with Crippen molar-refractivity contribution < 1.29 is 9.53 Å². The molecule has 1 spiro atoms. The molecule has 1 N–H and O–H groups in total. The van der Waals surface area contributed by atoms with Gasteiger partial charge in [0.05, 0.1) is 12.4 Å². The monoisotopic (exact) mass is 401 g/mol. The highest BCUT2D eigenvalue weighted by Gasteiger charge is 2.42. The van der Waals surface area contributed by atoms with Crippen molar-refractivity contribution in [3.63, 3.8) is 0 Å². The summed E-state index contributed by atoms with van der Waals surface area (Å²) in [6.45, 7) is 0.748. The van der Waals surface area contributed by atoms with Gasteiger partial charge in [0.15, 0.2) is 0 Å². The van der Waals surface area contributed by atoms with Gasteiger partial charge >= 0.3 is 0 Å². The van der Waals surface area contributed by atoms with Gasteiger partial charge in [-0.2, -0.15) is 0 Å². The Kier molecular flexibility index (Phi) is 5.03. The smallest absolute Gasteiger partial charge is 0.251 e. The van der Waals surface area contributed by atoms with Crippen LogP contribution in [0.2, 0.25) is 0 Å². The number of para-hydroxylation sites is 1. The van der Waals surface area contributed by atoms with Crippen molar-refractivity contribution in [3.8, 4) is 5.75 Å². The van der Waals surface area contributed by atoms with Crippen molar-refractivity contribution in [1.29, 1.82) is 0 Å². The van der Waals surface area contributed by atoms with Crippen LogP contribution in [0.1, 0.15) is 66.1 Å². The molecule has 0 bridgehead atoms.